The van der Waals surface area contributed by atoms with Crippen molar-refractivity contribution in [1.29, 1.82) is 0 Å². The summed E-state index contributed by atoms with van der Waals surface area (Å²) < 4.78 is 43.0. The zero-order valence-corrected chi connectivity index (χ0v) is 27.1. The van der Waals surface area contributed by atoms with Crippen molar-refractivity contribution in [2.45, 2.75) is 102 Å². The lowest BCUT2D eigenvalue weighted by atomic mass is 9.87. The second-order valence-electron chi connectivity index (χ2n) is 12.4. The number of esters is 1. The van der Waals surface area contributed by atoms with Crippen molar-refractivity contribution < 1.29 is 38.0 Å². The molecule has 4 aliphatic rings. The molecule has 0 bridgehead atoms. The number of hydrogen-bond donors (Lipinski definition) is 0. The zero-order chi connectivity index (χ0) is 30.8. The van der Waals surface area contributed by atoms with Gasteiger partial charge in [-0.15, -0.1) is 11.3 Å². The van der Waals surface area contributed by atoms with Gasteiger partial charge in [-0.05, 0) is 76.3 Å². The standard InChI is InChI=1S/C35H47NO8S/c1-2-38-35(37)29-23-45-34(36-29)24-14-16-27-28(31(20-30(27)42-21-24)44-33-13-7-9-19-40-33)17-15-26(43-32-12-6-8-18-39-32)22-41-25-10-4-3-5-11-25/h3-5,10-11,15,17,23-24,26-28,30-33H,2,6-9,12-14,16,18-22H2,1H3/t24-,26-,27+,28+,30-,31+,32?,33?/m0/s1. The maximum absolute atomic E-state index is 12.2. The van der Waals surface area contributed by atoms with E-state index in [2.05, 4.69) is 17.1 Å². The minimum Gasteiger partial charge on any atom is -0.491 e. The summed E-state index contributed by atoms with van der Waals surface area (Å²) in [6.45, 7) is 4.59. The highest BCUT2D eigenvalue weighted by Gasteiger charge is 2.46. The van der Waals surface area contributed by atoms with Crippen molar-refractivity contribution in [3.63, 3.8) is 0 Å². The van der Waals surface area contributed by atoms with Gasteiger partial charge in [0, 0.05) is 36.9 Å². The molecule has 8 atom stereocenters. The molecule has 1 aromatic heterocycles. The number of benzene rings is 1. The van der Waals surface area contributed by atoms with E-state index in [1.54, 1.807) is 12.3 Å². The Labute approximate surface area is 270 Å². The quantitative estimate of drug-likeness (QED) is 0.186. The summed E-state index contributed by atoms with van der Waals surface area (Å²) in [6.07, 6.45) is 12.7. The van der Waals surface area contributed by atoms with Crippen LogP contribution in [-0.4, -0.2) is 74.9 Å². The third-order valence-electron chi connectivity index (χ3n) is 9.22. The van der Waals surface area contributed by atoms with Crippen molar-refractivity contribution in [1.82, 2.24) is 4.98 Å². The van der Waals surface area contributed by atoms with Gasteiger partial charge in [0.2, 0.25) is 0 Å². The van der Waals surface area contributed by atoms with Gasteiger partial charge in [0.1, 0.15) is 18.5 Å². The highest BCUT2D eigenvalue weighted by atomic mass is 32.1. The average Bonchev–Trinajstić information content (AvgIpc) is 3.63. The predicted octanol–water partition coefficient (Wildman–Crippen LogP) is 6.68. The van der Waals surface area contributed by atoms with Gasteiger partial charge in [-0.25, -0.2) is 9.78 Å². The molecule has 0 amide bonds. The molecule has 1 aliphatic carbocycles. The molecule has 0 radical (unpaired) electrons. The Morgan fingerprint density at radius 2 is 1.82 bits per heavy atom. The highest BCUT2D eigenvalue weighted by molar-refractivity contribution is 7.09. The number of rotatable bonds is 12. The number of aromatic nitrogens is 1. The number of ether oxygens (including phenoxy) is 7. The Kier molecular flexibility index (Phi) is 11.9. The van der Waals surface area contributed by atoms with E-state index >= 15 is 0 Å². The lowest BCUT2D eigenvalue weighted by molar-refractivity contribution is -0.193. The lowest BCUT2D eigenvalue weighted by Gasteiger charge is -2.30. The lowest BCUT2D eigenvalue weighted by Crippen LogP contribution is -2.32. The molecule has 4 fully saturated rings. The molecule has 2 unspecified atom stereocenters. The third kappa shape index (κ3) is 8.93. The molecule has 4 heterocycles. The first-order chi connectivity index (χ1) is 22.2. The second kappa shape index (κ2) is 16.5. The van der Waals surface area contributed by atoms with Gasteiger partial charge in [0.05, 0.1) is 30.4 Å². The summed E-state index contributed by atoms with van der Waals surface area (Å²) in [5.41, 5.74) is 0.383. The van der Waals surface area contributed by atoms with Crippen LogP contribution in [0.25, 0.3) is 0 Å². The number of thiazole rings is 1. The van der Waals surface area contributed by atoms with Crippen molar-refractivity contribution in [2.75, 3.05) is 33.0 Å². The van der Waals surface area contributed by atoms with Crippen LogP contribution in [0.3, 0.4) is 0 Å². The number of carbonyl (C=O) groups excluding carboxylic acids is 1. The minimum atomic E-state index is -0.367. The van der Waals surface area contributed by atoms with Gasteiger partial charge < -0.3 is 33.2 Å². The van der Waals surface area contributed by atoms with E-state index < -0.39 is 0 Å². The van der Waals surface area contributed by atoms with Crippen LogP contribution >= 0.6 is 11.3 Å². The van der Waals surface area contributed by atoms with Crippen LogP contribution in [0.4, 0.5) is 0 Å². The molecule has 0 N–H and O–H groups in total. The largest absolute Gasteiger partial charge is 0.491 e. The van der Waals surface area contributed by atoms with Crippen LogP contribution in [-0.2, 0) is 28.4 Å². The molecule has 1 aromatic carbocycles. The number of carbonyl (C=O) groups is 1. The van der Waals surface area contributed by atoms with E-state index in [0.717, 1.165) is 81.8 Å². The molecule has 3 aliphatic heterocycles. The summed E-state index contributed by atoms with van der Waals surface area (Å²) >= 11 is 1.52. The summed E-state index contributed by atoms with van der Waals surface area (Å²) in [7, 11) is 0. The van der Waals surface area contributed by atoms with Crippen LogP contribution < -0.4 is 4.74 Å². The van der Waals surface area contributed by atoms with Gasteiger partial charge in [-0.1, -0.05) is 30.4 Å². The Balaban J connectivity index is 1.17. The van der Waals surface area contributed by atoms with Gasteiger partial charge in [0.25, 0.3) is 0 Å². The fraction of sp³-hybridized carbons (Fsp3) is 0.657. The van der Waals surface area contributed by atoms with Crippen LogP contribution in [0, 0.1) is 11.8 Å². The Morgan fingerprint density at radius 3 is 2.58 bits per heavy atom. The van der Waals surface area contributed by atoms with E-state index in [4.69, 9.17) is 33.2 Å². The molecule has 6 rings (SSSR count). The Bertz CT molecular complexity index is 1210. The minimum absolute atomic E-state index is 0.00667. The molecule has 45 heavy (non-hydrogen) atoms. The van der Waals surface area contributed by atoms with E-state index in [0.29, 0.717) is 25.5 Å². The van der Waals surface area contributed by atoms with Crippen LogP contribution in [0.5, 0.6) is 5.75 Å². The van der Waals surface area contributed by atoms with Gasteiger partial charge >= 0.3 is 5.97 Å². The van der Waals surface area contributed by atoms with Gasteiger partial charge in [-0.2, -0.15) is 0 Å². The number of fused-ring (bicyclic) bond motifs is 1. The summed E-state index contributed by atoms with van der Waals surface area (Å²) in [5, 5.41) is 2.74. The Hall–Kier alpha value is -2.34. The SMILES string of the molecule is CCOC(=O)c1csc([C@H]2CC[C@@H]3[C@@H](C=C[C@@H](COc4ccccc4)OC4CCCCO4)[C@H](OC4CCCCO4)C[C@@H]3OC2)n1. The zero-order valence-electron chi connectivity index (χ0n) is 26.3. The normalized spacial score (nSPS) is 31.3. The summed E-state index contributed by atoms with van der Waals surface area (Å²) in [5.74, 6) is 1.02. The maximum Gasteiger partial charge on any atom is 0.357 e. The van der Waals surface area contributed by atoms with Crippen molar-refractivity contribution in [3.8, 4) is 5.75 Å². The number of hydrogen-bond acceptors (Lipinski definition) is 10. The van der Waals surface area contributed by atoms with E-state index in [9.17, 15) is 4.79 Å². The molecule has 10 heteroatoms. The van der Waals surface area contributed by atoms with E-state index in [-0.39, 0.29) is 54.6 Å². The molecule has 9 nitrogen and oxygen atoms in total. The summed E-state index contributed by atoms with van der Waals surface area (Å²) in [4.78, 5) is 16.8. The fourth-order valence-corrected chi connectivity index (χ4v) is 7.78. The van der Waals surface area contributed by atoms with Gasteiger partial charge in [0.15, 0.2) is 18.3 Å². The first-order valence-electron chi connectivity index (χ1n) is 16.8. The van der Waals surface area contributed by atoms with Gasteiger partial charge in [-0.3, -0.25) is 0 Å². The molecular weight excluding hydrogens is 594 g/mol. The first-order valence-corrected chi connectivity index (χ1v) is 17.7. The molecular formula is C35H47NO8S. The molecule has 3 saturated heterocycles. The third-order valence-corrected chi connectivity index (χ3v) is 10.2. The van der Waals surface area contributed by atoms with E-state index in [1.807, 2.05) is 30.3 Å². The Morgan fingerprint density at radius 1 is 1.02 bits per heavy atom. The maximum atomic E-state index is 12.2. The predicted molar refractivity (Wildman–Crippen MR) is 169 cm³/mol. The van der Waals surface area contributed by atoms with Crippen LogP contribution in [0.15, 0.2) is 47.9 Å². The molecule has 0 spiro atoms. The average molecular weight is 642 g/mol. The van der Waals surface area contributed by atoms with Crippen LogP contribution in [0.2, 0.25) is 0 Å². The number of para-hydroxylation sites is 1. The van der Waals surface area contributed by atoms with Crippen molar-refractivity contribution in [3.05, 3.63) is 58.6 Å². The highest BCUT2D eigenvalue weighted by Crippen LogP contribution is 2.45. The molecule has 2 aromatic rings. The summed E-state index contributed by atoms with van der Waals surface area (Å²) in [6, 6.07) is 9.86. The topological polar surface area (TPSA) is 94.6 Å². The second-order valence-corrected chi connectivity index (χ2v) is 13.3. The van der Waals surface area contributed by atoms with Crippen LogP contribution in [0.1, 0.15) is 86.1 Å². The number of nitrogens with zero attached hydrogens (tertiary/aromatic N) is 1. The molecule has 1 saturated carbocycles. The monoisotopic (exact) mass is 641 g/mol. The van der Waals surface area contributed by atoms with Crippen molar-refractivity contribution >= 4 is 17.3 Å². The smallest absolute Gasteiger partial charge is 0.357 e. The first kappa shape index (κ1) is 32.6. The fourth-order valence-electron chi connectivity index (χ4n) is 6.87. The molecule has 246 valence electrons. The van der Waals surface area contributed by atoms with E-state index in [1.165, 1.54) is 11.3 Å². The van der Waals surface area contributed by atoms with Crippen molar-refractivity contribution in [2.24, 2.45) is 11.8 Å².